The molecule has 0 bridgehead atoms. The van der Waals surface area contributed by atoms with E-state index in [1.165, 1.54) is 5.56 Å². The molecule has 1 aromatic carbocycles. The highest BCUT2D eigenvalue weighted by atomic mass is 35.5. The number of halogens is 1. The Kier molecular flexibility index (Phi) is 3.69. The van der Waals surface area contributed by atoms with E-state index >= 15 is 0 Å². The topological polar surface area (TPSA) is 29.9 Å². The van der Waals surface area contributed by atoms with Crippen LogP contribution >= 0.6 is 11.6 Å². The van der Waals surface area contributed by atoms with Crippen LogP contribution < -0.4 is 5.32 Å². The van der Waals surface area contributed by atoms with Crippen LogP contribution in [-0.2, 0) is 13.1 Å². The lowest BCUT2D eigenvalue weighted by molar-refractivity contribution is 0.661. The summed E-state index contributed by atoms with van der Waals surface area (Å²) in [5.74, 6) is 0.878. The van der Waals surface area contributed by atoms with Gasteiger partial charge in [0.05, 0.1) is 0 Å². The van der Waals surface area contributed by atoms with Crippen LogP contribution in [0.25, 0.3) is 0 Å². The molecule has 0 aliphatic rings. The number of anilines is 1. The minimum Gasteiger partial charge on any atom is -0.364 e. The third-order valence-corrected chi connectivity index (χ3v) is 2.99. The van der Waals surface area contributed by atoms with Crippen LogP contribution in [0.5, 0.6) is 0 Å². The Hall–Kier alpha value is -1.48. The molecule has 1 heterocycles. The molecule has 0 unspecified atom stereocenters. The zero-order valence-electron chi connectivity index (χ0n) is 10.1. The monoisotopic (exact) mass is 249 g/mol. The number of hydrogen-bond donors (Lipinski definition) is 1. The first-order valence-corrected chi connectivity index (χ1v) is 6.09. The van der Waals surface area contributed by atoms with Gasteiger partial charge in [-0.3, -0.25) is 4.68 Å². The van der Waals surface area contributed by atoms with Crippen molar-refractivity contribution >= 4 is 17.4 Å². The van der Waals surface area contributed by atoms with E-state index in [9.17, 15) is 0 Å². The Morgan fingerprint density at radius 2 is 2.18 bits per heavy atom. The average molecular weight is 250 g/mol. The Bertz CT molecular complexity index is 505. The quantitative estimate of drug-likeness (QED) is 0.899. The summed E-state index contributed by atoms with van der Waals surface area (Å²) < 4.78 is 1.89. The molecule has 1 N–H and O–H groups in total. The van der Waals surface area contributed by atoms with Gasteiger partial charge < -0.3 is 5.32 Å². The van der Waals surface area contributed by atoms with Crippen molar-refractivity contribution in [3.8, 4) is 0 Å². The average Bonchev–Trinajstić information content (AvgIpc) is 2.76. The highest BCUT2D eigenvalue weighted by molar-refractivity contribution is 6.31. The zero-order chi connectivity index (χ0) is 12.3. The lowest BCUT2D eigenvalue weighted by atomic mass is 10.1. The van der Waals surface area contributed by atoms with E-state index in [-0.39, 0.29) is 0 Å². The molecule has 1 aromatic heterocycles. The first-order chi connectivity index (χ1) is 8.19. The Labute approximate surface area is 106 Å². The number of rotatable bonds is 4. The Morgan fingerprint density at radius 1 is 1.35 bits per heavy atom. The van der Waals surface area contributed by atoms with Gasteiger partial charge in [-0.15, -0.1) is 0 Å². The van der Waals surface area contributed by atoms with Crippen LogP contribution in [0, 0.1) is 6.92 Å². The predicted molar refractivity (Wildman–Crippen MR) is 71.4 cm³/mol. The number of hydrogen-bond acceptors (Lipinski definition) is 2. The third kappa shape index (κ3) is 3.01. The fraction of sp³-hybridized carbons (Fsp3) is 0.308. The van der Waals surface area contributed by atoms with E-state index in [2.05, 4.69) is 23.4 Å². The SMILES string of the molecule is CCn1ccc(NCc2ccc(C)cc2Cl)n1. The van der Waals surface area contributed by atoms with E-state index < -0.39 is 0 Å². The molecule has 0 radical (unpaired) electrons. The summed E-state index contributed by atoms with van der Waals surface area (Å²) in [5, 5.41) is 8.41. The van der Waals surface area contributed by atoms with Gasteiger partial charge in [-0.25, -0.2) is 0 Å². The van der Waals surface area contributed by atoms with Crippen molar-refractivity contribution in [1.82, 2.24) is 9.78 Å². The summed E-state index contributed by atoms with van der Waals surface area (Å²) in [4.78, 5) is 0. The molecule has 0 saturated carbocycles. The van der Waals surface area contributed by atoms with Crippen LogP contribution in [0.4, 0.5) is 5.82 Å². The van der Waals surface area contributed by atoms with Crippen molar-refractivity contribution < 1.29 is 0 Å². The molecule has 0 atom stereocenters. The van der Waals surface area contributed by atoms with Gasteiger partial charge in [-0.1, -0.05) is 23.7 Å². The van der Waals surface area contributed by atoms with Gasteiger partial charge in [-0.2, -0.15) is 5.10 Å². The van der Waals surface area contributed by atoms with Gasteiger partial charge in [0.15, 0.2) is 0 Å². The molecule has 3 nitrogen and oxygen atoms in total. The van der Waals surface area contributed by atoms with Crippen LogP contribution in [0.3, 0.4) is 0 Å². The largest absolute Gasteiger partial charge is 0.364 e. The minimum atomic E-state index is 0.694. The van der Waals surface area contributed by atoms with Gasteiger partial charge in [0.1, 0.15) is 5.82 Å². The lowest BCUT2D eigenvalue weighted by Crippen LogP contribution is -2.02. The van der Waals surface area contributed by atoms with E-state index in [1.54, 1.807) is 0 Å². The first-order valence-electron chi connectivity index (χ1n) is 5.71. The Morgan fingerprint density at radius 3 is 2.82 bits per heavy atom. The van der Waals surface area contributed by atoms with Gasteiger partial charge in [-0.05, 0) is 31.0 Å². The van der Waals surface area contributed by atoms with Gasteiger partial charge >= 0.3 is 0 Å². The molecular weight excluding hydrogens is 234 g/mol. The zero-order valence-corrected chi connectivity index (χ0v) is 10.8. The van der Waals surface area contributed by atoms with E-state index in [0.29, 0.717) is 6.54 Å². The maximum atomic E-state index is 6.16. The second-order valence-corrected chi connectivity index (χ2v) is 4.41. The van der Waals surface area contributed by atoms with E-state index in [0.717, 1.165) is 22.9 Å². The van der Waals surface area contributed by atoms with E-state index in [1.807, 2.05) is 36.0 Å². The molecule has 90 valence electrons. The molecule has 2 rings (SSSR count). The number of nitrogens with one attached hydrogen (secondary N) is 1. The number of nitrogens with zero attached hydrogens (tertiary/aromatic N) is 2. The molecule has 0 amide bonds. The molecule has 0 saturated heterocycles. The summed E-state index contributed by atoms with van der Waals surface area (Å²) in [7, 11) is 0. The van der Waals surface area contributed by atoms with E-state index in [4.69, 9.17) is 11.6 Å². The van der Waals surface area contributed by atoms with Gasteiger partial charge in [0, 0.05) is 30.4 Å². The second kappa shape index (κ2) is 5.23. The first kappa shape index (κ1) is 12.0. The summed E-state index contributed by atoms with van der Waals surface area (Å²) in [5.41, 5.74) is 2.26. The number of benzene rings is 1. The summed E-state index contributed by atoms with van der Waals surface area (Å²) in [6.45, 7) is 5.67. The highest BCUT2D eigenvalue weighted by Gasteiger charge is 2.02. The fourth-order valence-electron chi connectivity index (χ4n) is 1.61. The fourth-order valence-corrected chi connectivity index (χ4v) is 1.92. The van der Waals surface area contributed by atoms with Crippen molar-refractivity contribution in [2.24, 2.45) is 0 Å². The molecule has 2 aromatic rings. The molecule has 0 fully saturated rings. The minimum absolute atomic E-state index is 0.694. The second-order valence-electron chi connectivity index (χ2n) is 4.01. The molecule has 0 aliphatic heterocycles. The van der Waals surface area contributed by atoms with Gasteiger partial charge in [0.25, 0.3) is 0 Å². The lowest BCUT2D eigenvalue weighted by Gasteiger charge is -2.06. The molecule has 17 heavy (non-hydrogen) atoms. The van der Waals surface area contributed by atoms with Crippen molar-refractivity contribution in [3.63, 3.8) is 0 Å². The van der Waals surface area contributed by atoms with Crippen molar-refractivity contribution in [2.45, 2.75) is 26.9 Å². The molecule has 4 heteroatoms. The summed E-state index contributed by atoms with van der Waals surface area (Å²) in [6.07, 6.45) is 1.96. The summed E-state index contributed by atoms with van der Waals surface area (Å²) in [6, 6.07) is 8.05. The molecular formula is C13H16ClN3. The summed E-state index contributed by atoms with van der Waals surface area (Å²) >= 11 is 6.16. The molecule has 0 aliphatic carbocycles. The predicted octanol–water partition coefficient (Wildman–Crippen LogP) is 3.48. The van der Waals surface area contributed by atoms with Crippen LogP contribution in [0.1, 0.15) is 18.1 Å². The van der Waals surface area contributed by atoms with Crippen molar-refractivity contribution in [1.29, 1.82) is 0 Å². The highest BCUT2D eigenvalue weighted by Crippen LogP contribution is 2.18. The Balaban J connectivity index is 2.02. The van der Waals surface area contributed by atoms with Crippen LogP contribution in [0.2, 0.25) is 5.02 Å². The van der Waals surface area contributed by atoms with Crippen LogP contribution in [-0.4, -0.2) is 9.78 Å². The third-order valence-electron chi connectivity index (χ3n) is 2.63. The maximum absolute atomic E-state index is 6.16. The maximum Gasteiger partial charge on any atom is 0.148 e. The smallest absolute Gasteiger partial charge is 0.148 e. The van der Waals surface area contributed by atoms with Crippen LogP contribution in [0.15, 0.2) is 30.5 Å². The number of aromatic nitrogens is 2. The van der Waals surface area contributed by atoms with Crippen molar-refractivity contribution in [2.75, 3.05) is 5.32 Å². The van der Waals surface area contributed by atoms with Gasteiger partial charge in [0.2, 0.25) is 0 Å². The normalized spacial score (nSPS) is 10.5. The standard InChI is InChI=1S/C13H16ClN3/c1-3-17-7-6-13(16-17)15-9-11-5-4-10(2)8-12(11)14/h4-8H,3,9H2,1-2H3,(H,15,16). The van der Waals surface area contributed by atoms with Crippen molar-refractivity contribution in [3.05, 3.63) is 46.6 Å². The number of aryl methyl sites for hydroxylation is 2. The molecule has 0 spiro atoms.